The molecule has 0 aliphatic carbocycles. The zero-order valence-electron chi connectivity index (χ0n) is 15.6. The molecule has 0 spiro atoms. The lowest BCUT2D eigenvalue weighted by Gasteiger charge is -2.08. The number of carbonyl (C=O) groups is 1. The van der Waals surface area contributed by atoms with Gasteiger partial charge in [-0.15, -0.1) is 0 Å². The van der Waals surface area contributed by atoms with Crippen LogP contribution >= 0.6 is 13.1 Å². The largest absolute Gasteiger partial charge is 0.461 e. The normalized spacial score (nSPS) is 12.1. The minimum Gasteiger partial charge on any atom is -0.461 e. The van der Waals surface area contributed by atoms with Crippen molar-refractivity contribution in [1.29, 1.82) is 0 Å². The molecule has 2 rings (SSSR count). The van der Waals surface area contributed by atoms with Crippen molar-refractivity contribution in [3.63, 3.8) is 0 Å². The standard InChI is InChI=1S/C19H27INO2P2/c1-6-23-19(22)18-15(9-7-8-10-25-20-24)17-14(4)13(3)12(2)11-16(17)21(18)5/h8,10-11,25H,6-7,9,24H2,1-5H3/q+1/b10-8+. The van der Waals surface area contributed by atoms with Gasteiger partial charge in [0, 0.05) is 18.0 Å². The van der Waals surface area contributed by atoms with Gasteiger partial charge in [0.2, 0.25) is 0 Å². The molecular weight excluding hydrogens is 463 g/mol. The number of benzene rings is 1. The van der Waals surface area contributed by atoms with Crippen LogP contribution in [0, 0.1) is 20.8 Å². The second-order valence-corrected chi connectivity index (χ2v) is 15.0. The van der Waals surface area contributed by atoms with E-state index < -0.39 is 0 Å². The van der Waals surface area contributed by atoms with Gasteiger partial charge in [0.25, 0.3) is 0 Å². The molecule has 6 heteroatoms. The number of hydrogen-bond donors (Lipinski definition) is 0. The van der Waals surface area contributed by atoms with Crippen LogP contribution in [0.25, 0.3) is 10.9 Å². The molecule has 2 atom stereocenters. The lowest BCUT2D eigenvalue weighted by molar-refractivity contribution is -0.283. The third kappa shape index (κ3) is 4.46. The molecule has 0 saturated heterocycles. The number of allylic oxidation sites excluding steroid dienone is 1. The number of fused-ring (bicyclic) bond motifs is 1. The highest BCUT2D eigenvalue weighted by Gasteiger charge is 2.23. The Kier molecular flexibility index (Phi) is 7.91. The molecule has 0 radical (unpaired) electrons. The van der Waals surface area contributed by atoms with Crippen molar-refractivity contribution < 1.29 is 29.6 Å². The van der Waals surface area contributed by atoms with E-state index in [9.17, 15) is 4.79 Å². The van der Waals surface area contributed by atoms with Crippen molar-refractivity contribution in [3.8, 4) is 0 Å². The Morgan fingerprint density at radius 1 is 1.36 bits per heavy atom. The second kappa shape index (κ2) is 9.48. The average molecular weight is 490 g/mol. The maximum absolute atomic E-state index is 12.6. The van der Waals surface area contributed by atoms with Crippen LogP contribution in [-0.2, 0) is 18.2 Å². The summed E-state index contributed by atoms with van der Waals surface area (Å²) in [6.07, 6.45) is 5.03. The fraction of sp³-hybridized carbons (Fsp3) is 0.421. The van der Waals surface area contributed by atoms with Crippen LogP contribution in [0.5, 0.6) is 0 Å². The van der Waals surface area contributed by atoms with Gasteiger partial charge >= 0.3 is 26.1 Å². The molecule has 1 aromatic carbocycles. The summed E-state index contributed by atoms with van der Waals surface area (Å²) in [6.45, 7) is 11.6. The van der Waals surface area contributed by atoms with E-state index in [4.69, 9.17) is 4.74 Å². The highest BCUT2D eigenvalue weighted by Crippen LogP contribution is 2.33. The third-order valence-electron chi connectivity index (χ3n) is 4.70. The van der Waals surface area contributed by atoms with E-state index in [1.807, 2.05) is 18.5 Å². The maximum Gasteiger partial charge on any atom is 0.355 e. The number of ether oxygens (including phenoxy) is 1. The first-order valence-electron chi connectivity index (χ1n) is 8.42. The number of aryl methyl sites for hydroxylation is 4. The summed E-state index contributed by atoms with van der Waals surface area (Å²) in [6, 6.07) is 2.19. The van der Waals surface area contributed by atoms with Crippen molar-refractivity contribution in [2.45, 2.75) is 40.5 Å². The maximum atomic E-state index is 12.6. The van der Waals surface area contributed by atoms with Crippen LogP contribution in [0.2, 0.25) is 0 Å². The summed E-state index contributed by atoms with van der Waals surface area (Å²) in [7, 11) is 1.97. The topological polar surface area (TPSA) is 31.2 Å². The minimum absolute atomic E-state index is 0.215. The summed E-state index contributed by atoms with van der Waals surface area (Å²) in [4.78, 5) is 12.6. The molecule has 25 heavy (non-hydrogen) atoms. The van der Waals surface area contributed by atoms with Gasteiger partial charge < -0.3 is 9.30 Å². The molecule has 2 unspecified atom stereocenters. The first-order chi connectivity index (χ1) is 11.9. The van der Waals surface area contributed by atoms with Crippen LogP contribution in [0.3, 0.4) is 0 Å². The zero-order valence-corrected chi connectivity index (χ0v) is 19.9. The van der Waals surface area contributed by atoms with E-state index in [1.165, 1.54) is 22.1 Å². The molecule has 0 amide bonds. The van der Waals surface area contributed by atoms with Gasteiger partial charge in [0.15, 0.2) is 6.22 Å². The fourth-order valence-corrected chi connectivity index (χ4v) is 6.42. The predicted molar refractivity (Wildman–Crippen MR) is 109 cm³/mol. The summed E-state index contributed by atoms with van der Waals surface area (Å²) < 4.78 is 7.37. The molecule has 1 heterocycles. The summed E-state index contributed by atoms with van der Waals surface area (Å²) in [5.74, 6) is 2.07. The quantitative estimate of drug-likeness (QED) is 0.339. The molecule has 0 N–H and O–H groups in total. The Bertz CT molecular complexity index is 812. The van der Waals surface area contributed by atoms with Crippen LogP contribution in [0.1, 0.15) is 46.1 Å². The number of carbonyl (C=O) groups excluding carboxylic acids is 1. The zero-order chi connectivity index (χ0) is 18.6. The molecule has 136 valence electrons. The Morgan fingerprint density at radius 3 is 2.72 bits per heavy atom. The van der Waals surface area contributed by atoms with Crippen molar-refractivity contribution in [2.24, 2.45) is 7.05 Å². The summed E-state index contributed by atoms with van der Waals surface area (Å²) in [5, 5.41) is 1.22. The first-order valence-corrected chi connectivity index (χ1v) is 16.8. The number of aromatic nitrogens is 1. The van der Waals surface area contributed by atoms with Gasteiger partial charge in [-0.25, -0.2) is 4.79 Å². The Morgan fingerprint density at radius 2 is 2.08 bits per heavy atom. The fourth-order valence-electron chi connectivity index (χ4n) is 3.24. The van der Waals surface area contributed by atoms with Crippen LogP contribution < -0.4 is 20.1 Å². The Hall–Kier alpha value is -0.440. The monoisotopic (exact) mass is 490 g/mol. The van der Waals surface area contributed by atoms with Crippen LogP contribution in [0.4, 0.5) is 0 Å². The first kappa shape index (κ1) is 20.9. The van der Waals surface area contributed by atoms with E-state index in [1.54, 1.807) is 0 Å². The van der Waals surface area contributed by atoms with E-state index >= 15 is 0 Å². The summed E-state index contributed by atoms with van der Waals surface area (Å²) in [5.41, 5.74) is 6.81. The average Bonchev–Trinajstić information content (AvgIpc) is 2.85. The van der Waals surface area contributed by atoms with Gasteiger partial charge in [0.1, 0.15) is 12.6 Å². The van der Waals surface area contributed by atoms with Crippen molar-refractivity contribution in [3.05, 3.63) is 45.9 Å². The van der Waals surface area contributed by atoms with E-state index in [2.05, 4.69) is 45.6 Å². The molecule has 0 aliphatic rings. The van der Waals surface area contributed by atoms with Crippen molar-refractivity contribution in [2.75, 3.05) is 6.61 Å². The second-order valence-electron chi connectivity index (χ2n) is 6.10. The van der Waals surface area contributed by atoms with Gasteiger partial charge in [0.05, 0.1) is 6.61 Å². The smallest absolute Gasteiger partial charge is 0.355 e. The van der Waals surface area contributed by atoms with Crippen LogP contribution in [-0.4, -0.2) is 17.1 Å². The van der Waals surface area contributed by atoms with Crippen molar-refractivity contribution >= 4 is 30.0 Å². The highest BCUT2D eigenvalue weighted by molar-refractivity contribution is 7.38. The van der Waals surface area contributed by atoms with E-state index in [-0.39, 0.29) is 26.1 Å². The predicted octanol–water partition coefficient (Wildman–Crippen LogP) is 2.20. The molecule has 0 saturated carbocycles. The SMILES string of the molecule is CCOC(=O)c1c(CC/C=C/P[I+]P)c2c(C)c(C)c(C)cc2n1C. The van der Waals surface area contributed by atoms with E-state index in [0.29, 0.717) is 12.3 Å². The molecular formula is C19H27INO2P2+. The highest BCUT2D eigenvalue weighted by atomic mass is 127. The van der Waals surface area contributed by atoms with Gasteiger partial charge in [-0.05, 0) is 74.7 Å². The number of hydrogen-bond acceptors (Lipinski definition) is 2. The molecule has 1 aromatic heterocycles. The summed E-state index contributed by atoms with van der Waals surface area (Å²) >= 11 is 0.253. The minimum atomic E-state index is -0.215. The number of nitrogens with zero attached hydrogens (tertiary/aromatic N) is 1. The van der Waals surface area contributed by atoms with E-state index in [0.717, 1.165) is 30.1 Å². The molecule has 0 fully saturated rings. The lowest BCUT2D eigenvalue weighted by atomic mass is 9.96. The molecule has 3 nitrogen and oxygen atoms in total. The number of rotatable bonds is 7. The molecule has 0 aliphatic heterocycles. The third-order valence-corrected chi connectivity index (χ3v) is 9.88. The van der Waals surface area contributed by atoms with Gasteiger partial charge in [-0.1, -0.05) is 6.08 Å². The Balaban J connectivity index is 2.59. The molecule has 2 aromatic rings. The Labute approximate surface area is 163 Å². The number of halogens is 1. The van der Waals surface area contributed by atoms with Crippen molar-refractivity contribution in [1.82, 2.24) is 4.57 Å². The van der Waals surface area contributed by atoms with Crippen LogP contribution in [0.15, 0.2) is 18.0 Å². The lowest BCUT2D eigenvalue weighted by Crippen LogP contribution is -3.47. The number of esters is 1. The van der Waals surface area contributed by atoms with Gasteiger partial charge in [-0.3, -0.25) is 0 Å². The molecule has 0 bridgehead atoms. The van der Waals surface area contributed by atoms with Gasteiger partial charge in [-0.2, -0.15) is 0 Å².